The van der Waals surface area contributed by atoms with Crippen molar-refractivity contribution in [2.75, 3.05) is 19.8 Å². The van der Waals surface area contributed by atoms with Crippen LogP contribution in [0.1, 0.15) is 38.2 Å². The summed E-state index contributed by atoms with van der Waals surface area (Å²) in [6.07, 6.45) is 0.783. The minimum absolute atomic E-state index is 0.0610. The molecule has 2 rings (SSSR count). The van der Waals surface area contributed by atoms with Gasteiger partial charge in [0.2, 0.25) is 5.91 Å². The Hall–Kier alpha value is -2.48. The number of hydrogen-bond acceptors (Lipinski definition) is 5. The maximum atomic E-state index is 12.7. The molecule has 1 amide bonds. The number of halogens is 2. The second-order valence-electron chi connectivity index (χ2n) is 6.01. The van der Waals surface area contributed by atoms with Crippen molar-refractivity contribution in [3.05, 3.63) is 41.1 Å². The van der Waals surface area contributed by atoms with E-state index in [2.05, 4.69) is 10.1 Å². The van der Waals surface area contributed by atoms with Crippen molar-refractivity contribution < 1.29 is 32.6 Å². The van der Waals surface area contributed by atoms with Gasteiger partial charge in [-0.3, -0.25) is 4.79 Å². The SMILES string of the molecule is CCCOCCOC(=O)C1=C(C)NC(=O)CC1c1ccccc1OC(F)F. The number of alkyl halides is 2. The lowest BCUT2D eigenvalue weighted by Crippen LogP contribution is -2.34. The number of para-hydroxylation sites is 1. The third kappa shape index (κ3) is 5.75. The van der Waals surface area contributed by atoms with Crippen LogP contribution in [0.15, 0.2) is 35.5 Å². The van der Waals surface area contributed by atoms with Crippen LogP contribution in [0, 0.1) is 0 Å². The van der Waals surface area contributed by atoms with Crippen LogP contribution in [0.4, 0.5) is 8.78 Å². The van der Waals surface area contributed by atoms with Crippen LogP contribution >= 0.6 is 0 Å². The molecule has 0 radical (unpaired) electrons. The zero-order chi connectivity index (χ0) is 19.8. The van der Waals surface area contributed by atoms with Gasteiger partial charge in [-0.15, -0.1) is 0 Å². The van der Waals surface area contributed by atoms with E-state index in [0.717, 1.165) is 6.42 Å². The quantitative estimate of drug-likeness (QED) is 0.524. The van der Waals surface area contributed by atoms with E-state index in [4.69, 9.17) is 9.47 Å². The molecule has 1 unspecified atom stereocenters. The molecule has 1 aliphatic heterocycles. The molecule has 1 heterocycles. The average molecular weight is 383 g/mol. The van der Waals surface area contributed by atoms with Gasteiger partial charge in [-0.05, 0) is 19.4 Å². The molecule has 0 spiro atoms. The van der Waals surface area contributed by atoms with Crippen molar-refractivity contribution in [1.82, 2.24) is 5.32 Å². The summed E-state index contributed by atoms with van der Waals surface area (Å²) in [4.78, 5) is 24.6. The van der Waals surface area contributed by atoms with Crippen LogP contribution in [-0.2, 0) is 19.1 Å². The fraction of sp³-hybridized carbons (Fsp3) is 0.474. The highest BCUT2D eigenvalue weighted by Gasteiger charge is 2.34. The second kappa shape index (κ2) is 10.0. The third-order valence-corrected chi connectivity index (χ3v) is 4.01. The Kier molecular flexibility index (Phi) is 7.72. The third-order valence-electron chi connectivity index (χ3n) is 4.01. The first-order valence-electron chi connectivity index (χ1n) is 8.73. The van der Waals surface area contributed by atoms with Crippen LogP contribution in [0.2, 0.25) is 0 Å². The Morgan fingerprint density at radius 1 is 1.26 bits per heavy atom. The molecule has 6 nitrogen and oxygen atoms in total. The molecule has 0 fully saturated rings. The smallest absolute Gasteiger partial charge is 0.387 e. The summed E-state index contributed by atoms with van der Waals surface area (Å²) >= 11 is 0. The zero-order valence-electron chi connectivity index (χ0n) is 15.3. The van der Waals surface area contributed by atoms with Gasteiger partial charge < -0.3 is 19.5 Å². The fourth-order valence-electron chi connectivity index (χ4n) is 2.93. The summed E-state index contributed by atoms with van der Waals surface area (Å²) in [5.74, 6) is -1.74. The zero-order valence-corrected chi connectivity index (χ0v) is 15.3. The first kappa shape index (κ1) is 20.8. The molecule has 8 heteroatoms. The summed E-state index contributed by atoms with van der Waals surface area (Å²) in [7, 11) is 0. The van der Waals surface area contributed by atoms with Gasteiger partial charge in [0, 0.05) is 30.2 Å². The van der Waals surface area contributed by atoms with Gasteiger partial charge in [0.05, 0.1) is 12.2 Å². The van der Waals surface area contributed by atoms with Gasteiger partial charge in [0.1, 0.15) is 12.4 Å². The molecular weight excluding hydrogens is 360 g/mol. The van der Waals surface area contributed by atoms with Crippen molar-refractivity contribution in [1.29, 1.82) is 0 Å². The topological polar surface area (TPSA) is 73.9 Å². The number of nitrogens with one attached hydrogen (secondary N) is 1. The number of rotatable bonds is 9. The Labute approximate surface area is 156 Å². The summed E-state index contributed by atoms with van der Waals surface area (Å²) < 4.78 is 40.5. The van der Waals surface area contributed by atoms with Gasteiger partial charge >= 0.3 is 12.6 Å². The maximum absolute atomic E-state index is 12.7. The van der Waals surface area contributed by atoms with E-state index in [1.165, 1.54) is 6.07 Å². The monoisotopic (exact) mass is 383 g/mol. The number of benzene rings is 1. The van der Waals surface area contributed by atoms with Crippen molar-refractivity contribution in [2.45, 2.75) is 39.2 Å². The average Bonchev–Trinajstić information content (AvgIpc) is 2.60. The van der Waals surface area contributed by atoms with E-state index in [0.29, 0.717) is 17.9 Å². The molecule has 148 valence electrons. The Balaban J connectivity index is 2.24. The highest BCUT2D eigenvalue weighted by atomic mass is 19.3. The van der Waals surface area contributed by atoms with Crippen LogP contribution in [0.25, 0.3) is 0 Å². The van der Waals surface area contributed by atoms with E-state index in [9.17, 15) is 18.4 Å². The number of amides is 1. The fourth-order valence-corrected chi connectivity index (χ4v) is 2.93. The first-order chi connectivity index (χ1) is 12.9. The summed E-state index contributed by atoms with van der Waals surface area (Å²) in [5.41, 5.74) is 0.888. The number of carbonyl (C=O) groups excluding carboxylic acids is 2. The lowest BCUT2D eigenvalue weighted by atomic mass is 9.84. The van der Waals surface area contributed by atoms with Crippen molar-refractivity contribution in [3.8, 4) is 5.75 Å². The molecule has 1 aliphatic rings. The lowest BCUT2D eigenvalue weighted by molar-refractivity contribution is -0.141. The summed E-state index contributed by atoms with van der Waals surface area (Å²) in [5, 5.41) is 2.60. The number of hydrogen-bond donors (Lipinski definition) is 1. The van der Waals surface area contributed by atoms with E-state index in [1.54, 1.807) is 25.1 Å². The number of carbonyl (C=O) groups is 2. The summed E-state index contributed by atoms with van der Waals surface area (Å²) in [6, 6.07) is 6.12. The number of allylic oxidation sites excluding steroid dienone is 1. The first-order valence-corrected chi connectivity index (χ1v) is 8.73. The number of ether oxygens (including phenoxy) is 3. The maximum Gasteiger partial charge on any atom is 0.387 e. The molecule has 0 saturated heterocycles. The van der Waals surface area contributed by atoms with Gasteiger partial charge in [-0.2, -0.15) is 8.78 Å². The van der Waals surface area contributed by atoms with Crippen LogP contribution in [-0.4, -0.2) is 38.3 Å². The second-order valence-corrected chi connectivity index (χ2v) is 6.01. The molecule has 0 bridgehead atoms. The van der Waals surface area contributed by atoms with Crippen LogP contribution in [0.5, 0.6) is 5.75 Å². The van der Waals surface area contributed by atoms with Crippen LogP contribution < -0.4 is 10.1 Å². The molecule has 1 atom stereocenters. The molecule has 1 aromatic rings. The van der Waals surface area contributed by atoms with Gasteiger partial charge in [-0.25, -0.2) is 4.79 Å². The van der Waals surface area contributed by atoms with Crippen LogP contribution in [0.3, 0.4) is 0 Å². The van der Waals surface area contributed by atoms with E-state index in [1.807, 2.05) is 6.92 Å². The lowest BCUT2D eigenvalue weighted by Gasteiger charge is -2.27. The van der Waals surface area contributed by atoms with Crippen molar-refractivity contribution in [3.63, 3.8) is 0 Å². The van der Waals surface area contributed by atoms with Gasteiger partial charge in [0.15, 0.2) is 0 Å². The minimum Gasteiger partial charge on any atom is -0.460 e. The Morgan fingerprint density at radius 2 is 2.00 bits per heavy atom. The molecule has 1 aromatic carbocycles. The predicted octanol–water partition coefficient (Wildman–Crippen LogP) is 3.14. The highest BCUT2D eigenvalue weighted by molar-refractivity contribution is 5.96. The van der Waals surface area contributed by atoms with Gasteiger partial charge in [-0.1, -0.05) is 25.1 Å². The predicted molar refractivity (Wildman–Crippen MR) is 93.3 cm³/mol. The minimum atomic E-state index is -3.01. The van der Waals surface area contributed by atoms with E-state index >= 15 is 0 Å². The Bertz CT molecular complexity index is 705. The number of esters is 1. The largest absolute Gasteiger partial charge is 0.460 e. The molecule has 0 aliphatic carbocycles. The molecule has 27 heavy (non-hydrogen) atoms. The standard InChI is InChI=1S/C19H23F2NO5/c1-3-8-25-9-10-26-18(24)17-12(2)22-16(23)11-14(17)13-6-4-5-7-15(13)27-19(20)21/h4-7,14,19H,3,8-11H2,1-2H3,(H,22,23). The van der Waals surface area contributed by atoms with E-state index < -0.39 is 18.5 Å². The Morgan fingerprint density at radius 3 is 2.70 bits per heavy atom. The van der Waals surface area contributed by atoms with E-state index in [-0.39, 0.29) is 36.9 Å². The normalized spacial score (nSPS) is 17.1. The van der Waals surface area contributed by atoms with Crippen molar-refractivity contribution in [2.24, 2.45) is 0 Å². The molecule has 0 saturated carbocycles. The highest BCUT2D eigenvalue weighted by Crippen LogP contribution is 2.38. The van der Waals surface area contributed by atoms with Gasteiger partial charge in [0.25, 0.3) is 0 Å². The molecular formula is C19H23F2NO5. The summed E-state index contributed by atoms with van der Waals surface area (Å²) in [6.45, 7) is 1.41. The molecule has 1 N–H and O–H groups in total. The molecule has 0 aromatic heterocycles. The van der Waals surface area contributed by atoms with Crippen molar-refractivity contribution >= 4 is 11.9 Å².